The second kappa shape index (κ2) is 4.96. The Kier molecular flexibility index (Phi) is 3.89. The number of aromatic nitrogens is 2. The van der Waals surface area contributed by atoms with Crippen molar-refractivity contribution in [3.63, 3.8) is 0 Å². The molecule has 1 N–H and O–H groups in total. The van der Waals surface area contributed by atoms with Crippen molar-refractivity contribution in [1.82, 2.24) is 10.1 Å². The molecule has 0 aliphatic heterocycles. The molecular formula is C7H10F3N3O2. The molecule has 0 saturated carbocycles. The van der Waals surface area contributed by atoms with Crippen LogP contribution in [0.1, 0.15) is 5.82 Å². The molecule has 0 bridgehead atoms. The second-order valence-corrected chi connectivity index (χ2v) is 2.68. The van der Waals surface area contributed by atoms with Gasteiger partial charge in [0.2, 0.25) is 0 Å². The summed E-state index contributed by atoms with van der Waals surface area (Å²) in [6, 6.07) is 0.223. The topological polar surface area (TPSA) is 60.2 Å². The Morgan fingerprint density at radius 1 is 1.47 bits per heavy atom. The maximum atomic E-state index is 11.7. The molecule has 1 aromatic rings. The SMILES string of the molecule is CNc1nc(CCOCC(F)(F)F)no1. The molecule has 0 amide bonds. The third-order valence-corrected chi connectivity index (χ3v) is 1.42. The highest BCUT2D eigenvalue weighted by atomic mass is 19.4. The summed E-state index contributed by atoms with van der Waals surface area (Å²) in [5.41, 5.74) is 0. The van der Waals surface area contributed by atoms with E-state index in [0.29, 0.717) is 5.82 Å². The van der Waals surface area contributed by atoms with Crippen LogP contribution in [-0.2, 0) is 11.2 Å². The minimum absolute atomic E-state index is 0.0950. The van der Waals surface area contributed by atoms with Crippen LogP contribution in [0.5, 0.6) is 0 Å². The second-order valence-electron chi connectivity index (χ2n) is 2.68. The summed E-state index contributed by atoms with van der Waals surface area (Å²) in [6.45, 7) is -1.36. The number of ether oxygens (including phenoxy) is 1. The third kappa shape index (κ3) is 4.63. The van der Waals surface area contributed by atoms with Gasteiger partial charge in [-0.05, 0) is 0 Å². The van der Waals surface area contributed by atoms with Crippen molar-refractivity contribution in [1.29, 1.82) is 0 Å². The molecule has 1 heterocycles. The van der Waals surface area contributed by atoms with Crippen molar-refractivity contribution in [2.45, 2.75) is 12.6 Å². The van der Waals surface area contributed by atoms with Crippen LogP contribution in [0.3, 0.4) is 0 Å². The van der Waals surface area contributed by atoms with Gasteiger partial charge in [0.25, 0.3) is 0 Å². The minimum Gasteiger partial charge on any atom is -0.372 e. The quantitative estimate of drug-likeness (QED) is 0.764. The predicted molar refractivity (Wildman–Crippen MR) is 44.4 cm³/mol. The van der Waals surface area contributed by atoms with Crippen LogP contribution in [0.25, 0.3) is 0 Å². The van der Waals surface area contributed by atoms with Gasteiger partial charge in [0.1, 0.15) is 6.61 Å². The summed E-state index contributed by atoms with van der Waals surface area (Å²) in [6.07, 6.45) is -4.12. The molecule has 0 atom stereocenters. The average Bonchev–Trinajstić information content (AvgIpc) is 2.59. The highest BCUT2D eigenvalue weighted by molar-refractivity contribution is 5.15. The highest BCUT2D eigenvalue weighted by Gasteiger charge is 2.27. The molecule has 0 aliphatic rings. The van der Waals surface area contributed by atoms with Gasteiger partial charge in [0.15, 0.2) is 5.82 Å². The largest absolute Gasteiger partial charge is 0.411 e. The summed E-state index contributed by atoms with van der Waals surface area (Å²) < 4.78 is 44.0. The Labute approximate surface area is 83.6 Å². The molecule has 0 aliphatic carbocycles. The Morgan fingerprint density at radius 2 is 2.20 bits per heavy atom. The van der Waals surface area contributed by atoms with E-state index in [-0.39, 0.29) is 19.0 Å². The maximum absolute atomic E-state index is 11.7. The van der Waals surface area contributed by atoms with Gasteiger partial charge in [-0.2, -0.15) is 18.2 Å². The standard InChI is InChI=1S/C7H10F3N3O2/c1-11-6-12-5(13-15-6)2-3-14-4-7(8,9)10/h2-4H2,1H3,(H,11,12,13). The molecule has 15 heavy (non-hydrogen) atoms. The van der Waals surface area contributed by atoms with E-state index in [1.54, 1.807) is 7.05 Å². The van der Waals surface area contributed by atoms with E-state index in [4.69, 9.17) is 0 Å². The van der Waals surface area contributed by atoms with E-state index < -0.39 is 12.8 Å². The van der Waals surface area contributed by atoms with Crippen molar-refractivity contribution < 1.29 is 22.4 Å². The normalized spacial score (nSPS) is 11.7. The van der Waals surface area contributed by atoms with Crippen LogP contribution in [0, 0.1) is 0 Å². The first-order valence-corrected chi connectivity index (χ1v) is 4.16. The van der Waals surface area contributed by atoms with Gasteiger partial charge in [0.05, 0.1) is 6.61 Å². The zero-order valence-electron chi connectivity index (χ0n) is 7.97. The molecule has 0 aromatic carbocycles. The number of nitrogens with zero attached hydrogens (tertiary/aromatic N) is 2. The molecule has 86 valence electrons. The molecular weight excluding hydrogens is 215 g/mol. The maximum Gasteiger partial charge on any atom is 0.411 e. The van der Waals surface area contributed by atoms with E-state index in [2.05, 4.69) is 24.7 Å². The molecule has 1 aromatic heterocycles. The lowest BCUT2D eigenvalue weighted by Crippen LogP contribution is -2.18. The number of hydrogen-bond donors (Lipinski definition) is 1. The van der Waals surface area contributed by atoms with Crippen molar-refractivity contribution >= 4 is 6.01 Å². The number of halogens is 3. The summed E-state index contributed by atoms with van der Waals surface area (Å²) in [4.78, 5) is 3.81. The molecule has 8 heteroatoms. The number of anilines is 1. The zero-order chi connectivity index (χ0) is 11.3. The van der Waals surface area contributed by atoms with E-state index in [0.717, 1.165) is 0 Å². The molecule has 0 fully saturated rings. The summed E-state index contributed by atoms with van der Waals surface area (Å²) in [5.74, 6) is 0.307. The highest BCUT2D eigenvalue weighted by Crippen LogP contribution is 2.14. The fourth-order valence-corrected chi connectivity index (χ4v) is 0.808. The third-order valence-electron chi connectivity index (χ3n) is 1.42. The molecule has 5 nitrogen and oxygen atoms in total. The lowest BCUT2D eigenvalue weighted by atomic mass is 10.4. The van der Waals surface area contributed by atoms with E-state index in [1.165, 1.54) is 0 Å². The Morgan fingerprint density at radius 3 is 2.73 bits per heavy atom. The smallest absolute Gasteiger partial charge is 0.372 e. The van der Waals surface area contributed by atoms with Crippen LogP contribution in [0.15, 0.2) is 4.52 Å². The summed E-state index contributed by atoms with van der Waals surface area (Å²) in [7, 11) is 1.59. The molecule has 1 rings (SSSR count). The Bertz CT molecular complexity index is 300. The molecule has 0 saturated heterocycles. The monoisotopic (exact) mass is 225 g/mol. The van der Waals surface area contributed by atoms with E-state index >= 15 is 0 Å². The minimum atomic E-state index is -4.30. The van der Waals surface area contributed by atoms with Crippen LogP contribution in [-0.4, -0.2) is 36.6 Å². The van der Waals surface area contributed by atoms with Gasteiger partial charge in [-0.25, -0.2) is 0 Å². The molecule has 0 unspecified atom stereocenters. The van der Waals surface area contributed by atoms with Crippen LogP contribution in [0.4, 0.5) is 19.2 Å². The lowest BCUT2D eigenvalue weighted by molar-refractivity contribution is -0.173. The zero-order valence-corrected chi connectivity index (χ0v) is 7.97. The lowest BCUT2D eigenvalue weighted by Gasteiger charge is -2.05. The fourth-order valence-electron chi connectivity index (χ4n) is 0.808. The van der Waals surface area contributed by atoms with E-state index in [1.807, 2.05) is 0 Å². The Balaban J connectivity index is 2.20. The van der Waals surface area contributed by atoms with E-state index in [9.17, 15) is 13.2 Å². The van der Waals surface area contributed by atoms with Crippen LogP contribution in [0.2, 0.25) is 0 Å². The van der Waals surface area contributed by atoms with Gasteiger partial charge < -0.3 is 14.6 Å². The number of nitrogens with one attached hydrogen (secondary N) is 1. The number of hydrogen-bond acceptors (Lipinski definition) is 5. The van der Waals surface area contributed by atoms with Gasteiger partial charge in [0, 0.05) is 13.5 Å². The van der Waals surface area contributed by atoms with Crippen LogP contribution >= 0.6 is 0 Å². The van der Waals surface area contributed by atoms with Gasteiger partial charge >= 0.3 is 12.2 Å². The Hall–Kier alpha value is -1.31. The van der Waals surface area contributed by atoms with Crippen molar-refractivity contribution in [2.75, 3.05) is 25.6 Å². The molecule has 0 spiro atoms. The first-order chi connectivity index (χ1) is 7.01. The van der Waals surface area contributed by atoms with Gasteiger partial charge in [-0.3, -0.25) is 0 Å². The number of alkyl halides is 3. The van der Waals surface area contributed by atoms with Gasteiger partial charge in [-0.15, -0.1) is 0 Å². The first-order valence-electron chi connectivity index (χ1n) is 4.16. The van der Waals surface area contributed by atoms with Crippen LogP contribution < -0.4 is 5.32 Å². The van der Waals surface area contributed by atoms with Gasteiger partial charge in [-0.1, -0.05) is 5.16 Å². The average molecular weight is 225 g/mol. The summed E-state index contributed by atoms with van der Waals surface area (Å²) >= 11 is 0. The first kappa shape index (κ1) is 11.8. The van der Waals surface area contributed by atoms with Crippen molar-refractivity contribution in [2.24, 2.45) is 0 Å². The fraction of sp³-hybridized carbons (Fsp3) is 0.714. The van der Waals surface area contributed by atoms with Crippen molar-refractivity contribution in [3.05, 3.63) is 5.82 Å². The predicted octanol–water partition coefficient (Wildman–Crippen LogP) is 1.23. The number of rotatable bonds is 5. The van der Waals surface area contributed by atoms with Crippen molar-refractivity contribution in [3.8, 4) is 0 Å². The summed E-state index contributed by atoms with van der Waals surface area (Å²) in [5, 5.41) is 6.11. The molecule has 0 radical (unpaired) electrons.